The minimum absolute atomic E-state index is 0.372. The zero-order valence-corrected chi connectivity index (χ0v) is 14.2. The zero-order valence-electron chi connectivity index (χ0n) is 13.4. The largest absolute Gasteiger partial charge is 0.431 e. The van der Waals surface area contributed by atoms with E-state index in [1.807, 2.05) is 63.4 Å². The summed E-state index contributed by atoms with van der Waals surface area (Å²) in [5.41, 5.74) is 2.14. The first-order chi connectivity index (χ1) is 11.1. The Morgan fingerprint density at radius 2 is 1.74 bits per heavy atom. The van der Waals surface area contributed by atoms with Gasteiger partial charge in [0.25, 0.3) is 5.17 Å². The first-order valence-electron chi connectivity index (χ1n) is 7.44. The molecule has 4 heteroatoms. The minimum Gasteiger partial charge on any atom is -0.431 e. The second-order valence-electron chi connectivity index (χ2n) is 5.48. The van der Waals surface area contributed by atoms with E-state index in [1.165, 1.54) is 0 Å². The molecule has 1 aromatic heterocycles. The van der Waals surface area contributed by atoms with Crippen molar-refractivity contribution in [2.24, 2.45) is 0 Å². The summed E-state index contributed by atoms with van der Waals surface area (Å²) < 4.78 is 5.93. The Balaban J connectivity index is 1.86. The highest BCUT2D eigenvalue weighted by Crippen LogP contribution is 2.26. The molecule has 0 radical (unpaired) electrons. The number of pyridine rings is 1. The first kappa shape index (κ1) is 15.4. The van der Waals surface area contributed by atoms with Crippen molar-refractivity contribution in [2.45, 2.75) is 13.8 Å². The van der Waals surface area contributed by atoms with Gasteiger partial charge in [0, 0.05) is 18.1 Å². The molecule has 0 unspecified atom stereocenters. The van der Waals surface area contributed by atoms with E-state index >= 15 is 0 Å². The summed E-state index contributed by atoms with van der Waals surface area (Å²) in [4.78, 5) is 6.34. The number of rotatable bonds is 2. The standard InChI is InChI=1S/C19H18N2OS/c1-13-11-12-18(20-14(13)2)21(3)19(23)22-17-10-6-8-15-7-4-5-9-16(15)17/h4-12H,1-3H3. The summed E-state index contributed by atoms with van der Waals surface area (Å²) in [6.07, 6.45) is 0. The smallest absolute Gasteiger partial charge is 0.270 e. The normalized spacial score (nSPS) is 10.6. The van der Waals surface area contributed by atoms with Gasteiger partial charge in [0.2, 0.25) is 0 Å². The number of hydrogen-bond acceptors (Lipinski definition) is 3. The highest BCUT2D eigenvalue weighted by Gasteiger charge is 2.12. The lowest BCUT2D eigenvalue weighted by Gasteiger charge is -2.20. The van der Waals surface area contributed by atoms with Crippen molar-refractivity contribution in [3.8, 4) is 5.75 Å². The first-order valence-corrected chi connectivity index (χ1v) is 7.84. The number of anilines is 1. The molecule has 0 aliphatic heterocycles. The average molecular weight is 322 g/mol. The maximum absolute atomic E-state index is 5.93. The van der Waals surface area contributed by atoms with E-state index in [0.29, 0.717) is 5.17 Å². The number of benzene rings is 2. The van der Waals surface area contributed by atoms with Gasteiger partial charge in [-0.05, 0) is 49.1 Å². The molecule has 2 aromatic carbocycles. The van der Waals surface area contributed by atoms with Gasteiger partial charge in [-0.2, -0.15) is 0 Å². The molecule has 0 amide bonds. The SMILES string of the molecule is Cc1ccc(N(C)C(=S)Oc2cccc3ccccc23)nc1C. The van der Waals surface area contributed by atoms with Crippen LogP contribution in [-0.2, 0) is 0 Å². The molecule has 0 aliphatic rings. The van der Waals surface area contributed by atoms with Gasteiger partial charge >= 0.3 is 0 Å². The summed E-state index contributed by atoms with van der Waals surface area (Å²) in [5, 5.41) is 2.54. The molecule has 0 aliphatic carbocycles. The second-order valence-corrected chi connectivity index (χ2v) is 5.83. The Kier molecular flexibility index (Phi) is 4.26. The van der Waals surface area contributed by atoms with Crippen molar-refractivity contribution in [3.63, 3.8) is 0 Å². The number of aryl methyl sites for hydroxylation is 2. The molecule has 0 atom stereocenters. The summed E-state index contributed by atoms with van der Waals surface area (Å²) in [6, 6.07) is 18.0. The Hall–Kier alpha value is -2.46. The second kappa shape index (κ2) is 6.34. The number of hydrogen-bond donors (Lipinski definition) is 0. The third-order valence-corrected chi connectivity index (χ3v) is 4.26. The monoisotopic (exact) mass is 322 g/mol. The fourth-order valence-electron chi connectivity index (χ4n) is 2.34. The highest BCUT2D eigenvalue weighted by molar-refractivity contribution is 7.80. The number of nitrogens with zero attached hydrogens (tertiary/aromatic N) is 2. The molecular weight excluding hydrogens is 304 g/mol. The molecule has 0 bridgehead atoms. The predicted octanol–water partition coefficient (Wildman–Crippen LogP) is 4.65. The van der Waals surface area contributed by atoms with E-state index in [4.69, 9.17) is 17.0 Å². The summed E-state index contributed by atoms with van der Waals surface area (Å²) in [5.74, 6) is 1.53. The topological polar surface area (TPSA) is 25.4 Å². The molecule has 23 heavy (non-hydrogen) atoms. The van der Waals surface area contributed by atoms with Crippen molar-refractivity contribution >= 4 is 34.0 Å². The third-order valence-electron chi connectivity index (χ3n) is 3.90. The van der Waals surface area contributed by atoms with E-state index in [1.54, 1.807) is 4.90 Å². The van der Waals surface area contributed by atoms with Gasteiger partial charge in [0.15, 0.2) is 0 Å². The van der Waals surface area contributed by atoms with E-state index in [2.05, 4.69) is 17.1 Å². The van der Waals surface area contributed by atoms with Crippen molar-refractivity contribution in [1.29, 1.82) is 0 Å². The molecular formula is C19H18N2OS. The maximum Gasteiger partial charge on any atom is 0.270 e. The van der Waals surface area contributed by atoms with Crippen LogP contribution in [0.4, 0.5) is 5.82 Å². The van der Waals surface area contributed by atoms with Crippen LogP contribution in [0.1, 0.15) is 11.3 Å². The van der Waals surface area contributed by atoms with Crippen LogP contribution >= 0.6 is 12.2 Å². The lowest BCUT2D eigenvalue weighted by molar-refractivity contribution is 0.558. The van der Waals surface area contributed by atoms with Crippen LogP contribution in [0, 0.1) is 13.8 Å². The van der Waals surface area contributed by atoms with Gasteiger partial charge in [-0.3, -0.25) is 4.90 Å². The van der Waals surface area contributed by atoms with Gasteiger partial charge in [-0.15, -0.1) is 0 Å². The van der Waals surface area contributed by atoms with Crippen LogP contribution in [0.5, 0.6) is 5.75 Å². The summed E-state index contributed by atoms with van der Waals surface area (Å²) in [7, 11) is 1.87. The maximum atomic E-state index is 5.93. The van der Waals surface area contributed by atoms with Gasteiger partial charge in [-0.25, -0.2) is 4.98 Å². The Morgan fingerprint density at radius 1 is 1.00 bits per heavy atom. The number of ether oxygens (including phenoxy) is 1. The molecule has 116 valence electrons. The molecule has 3 aromatic rings. The van der Waals surface area contributed by atoms with Crippen LogP contribution < -0.4 is 9.64 Å². The van der Waals surface area contributed by atoms with Crippen molar-refractivity contribution in [3.05, 3.63) is 65.9 Å². The van der Waals surface area contributed by atoms with Gasteiger partial charge in [0.1, 0.15) is 11.6 Å². The lowest BCUT2D eigenvalue weighted by atomic mass is 10.1. The Labute approximate surface area is 141 Å². The number of fused-ring (bicyclic) bond motifs is 1. The van der Waals surface area contributed by atoms with E-state index in [-0.39, 0.29) is 0 Å². The Bertz CT molecular complexity index is 871. The predicted molar refractivity (Wildman–Crippen MR) is 99.3 cm³/mol. The third kappa shape index (κ3) is 3.17. The molecule has 0 N–H and O–H groups in total. The molecule has 3 nitrogen and oxygen atoms in total. The molecule has 0 saturated heterocycles. The Morgan fingerprint density at radius 3 is 2.52 bits per heavy atom. The minimum atomic E-state index is 0.372. The van der Waals surface area contributed by atoms with Crippen molar-refractivity contribution < 1.29 is 4.74 Å². The highest BCUT2D eigenvalue weighted by atomic mass is 32.1. The molecule has 1 heterocycles. The zero-order chi connectivity index (χ0) is 16.4. The van der Waals surface area contributed by atoms with Gasteiger partial charge < -0.3 is 4.74 Å². The number of thiocarbonyl (C=S) groups is 1. The summed E-state index contributed by atoms with van der Waals surface area (Å²) >= 11 is 5.44. The van der Waals surface area contributed by atoms with Crippen molar-refractivity contribution in [2.75, 3.05) is 11.9 Å². The summed E-state index contributed by atoms with van der Waals surface area (Å²) in [6.45, 7) is 4.03. The van der Waals surface area contributed by atoms with Crippen LogP contribution in [-0.4, -0.2) is 17.2 Å². The molecule has 0 fully saturated rings. The van der Waals surface area contributed by atoms with Crippen molar-refractivity contribution in [1.82, 2.24) is 4.98 Å². The van der Waals surface area contributed by atoms with E-state index in [0.717, 1.165) is 33.6 Å². The fourth-order valence-corrected chi connectivity index (χ4v) is 2.53. The molecule has 3 rings (SSSR count). The van der Waals surface area contributed by atoms with Gasteiger partial charge in [0.05, 0.1) is 0 Å². The van der Waals surface area contributed by atoms with E-state index < -0.39 is 0 Å². The average Bonchev–Trinajstić information content (AvgIpc) is 2.57. The molecule has 0 saturated carbocycles. The van der Waals surface area contributed by atoms with E-state index in [9.17, 15) is 0 Å². The van der Waals surface area contributed by atoms with Crippen LogP contribution in [0.2, 0.25) is 0 Å². The number of aromatic nitrogens is 1. The quantitative estimate of drug-likeness (QED) is 0.641. The van der Waals surface area contributed by atoms with Crippen LogP contribution in [0.25, 0.3) is 10.8 Å². The van der Waals surface area contributed by atoms with Crippen LogP contribution in [0.15, 0.2) is 54.6 Å². The molecule has 0 spiro atoms. The van der Waals surface area contributed by atoms with Crippen LogP contribution in [0.3, 0.4) is 0 Å². The lowest BCUT2D eigenvalue weighted by Crippen LogP contribution is -2.30. The fraction of sp³-hybridized carbons (Fsp3) is 0.158. The van der Waals surface area contributed by atoms with Gasteiger partial charge in [-0.1, -0.05) is 42.5 Å².